The molecule has 2 atom stereocenters. The predicted molar refractivity (Wildman–Crippen MR) is 213 cm³/mol. The first-order valence-electron chi connectivity index (χ1n) is 19.6. The number of unbranched alkanes of at least 4 members (excludes halogenated alkanes) is 11. The molecule has 0 saturated carbocycles. The van der Waals surface area contributed by atoms with Gasteiger partial charge in [-0.2, -0.15) is 0 Å². The van der Waals surface area contributed by atoms with Gasteiger partial charge in [0.25, 0.3) is 0 Å². The van der Waals surface area contributed by atoms with Gasteiger partial charge in [0.2, 0.25) is 5.91 Å². The first kappa shape index (κ1) is 40.3. The highest BCUT2D eigenvalue weighted by molar-refractivity contribution is 5.89. The average Bonchev–Trinajstić information content (AvgIpc) is 3.20. The number of hydrogen-bond acceptors (Lipinski definition) is 4. The van der Waals surface area contributed by atoms with Crippen LogP contribution in [0.25, 0.3) is 0 Å². The molecule has 4 aromatic carbocycles. The Morgan fingerprint density at radius 1 is 0.615 bits per heavy atom. The molecule has 0 aliphatic carbocycles. The van der Waals surface area contributed by atoms with E-state index in [1.54, 1.807) is 12.1 Å². The van der Waals surface area contributed by atoms with Gasteiger partial charge < -0.3 is 14.8 Å². The number of ether oxygens (including phenoxy) is 2. The number of rotatable bonds is 24. The lowest BCUT2D eigenvalue weighted by Crippen LogP contribution is -2.49. The van der Waals surface area contributed by atoms with Crippen molar-refractivity contribution in [2.24, 2.45) is 0 Å². The van der Waals surface area contributed by atoms with E-state index in [0.717, 1.165) is 29.5 Å². The lowest BCUT2D eigenvalue weighted by atomic mass is 9.80. The van der Waals surface area contributed by atoms with Gasteiger partial charge in [-0.3, -0.25) is 4.79 Å². The number of amides is 1. The first-order valence-corrected chi connectivity index (χ1v) is 19.6. The van der Waals surface area contributed by atoms with E-state index in [2.05, 4.69) is 54.7 Å². The molecule has 0 fully saturated rings. The van der Waals surface area contributed by atoms with Gasteiger partial charge in [0.1, 0.15) is 11.7 Å². The highest BCUT2D eigenvalue weighted by atomic mass is 16.5. The SMILES string of the molecule is CCCCCCCCCCCCC/C=C\[C@@H](OC(=O)c1ccccc1)[C@H](COC(c1ccccc1)(c1ccccc1)c1ccccc1)NC(=O)CC. The molecule has 0 aromatic heterocycles. The van der Waals surface area contributed by atoms with Crippen molar-refractivity contribution in [1.82, 2.24) is 5.32 Å². The topological polar surface area (TPSA) is 64.6 Å². The van der Waals surface area contributed by atoms with Crippen molar-refractivity contribution >= 4 is 11.9 Å². The summed E-state index contributed by atoms with van der Waals surface area (Å²) in [5.74, 6) is -0.584. The van der Waals surface area contributed by atoms with Crippen molar-refractivity contribution in [1.29, 1.82) is 0 Å². The zero-order valence-corrected chi connectivity index (χ0v) is 31.4. The monoisotopic (exact) mass is 701 g/mol. The van der Waals surface area contributed by atoms with Gasteiger partial charge in [-0.15, -0.1) is 0 Å². The Bertz CT molecular complexity index is 1480. The van der Waals surface area contributed by atoms with Gasteiger partial charge in [-0.1, -0.05) is 193 Å². The quantitative estimate of drug-likeness (QED) is 0.0342. The Hall–Kier alpha value is -4.48. The maximum atomic E-state index is 13.5. The number of esters is 1. The molecule has 0 radical (unpaired) electrons. The van der Waals surface area contributed by atoms with Crippen molar-refractivity contribution in [2.75, 3.05) is 6.61 Å². The van der Waals surface area contributed by atoms with Crippen LogP contribution in [0.1, 0.15) is 124 Å². The van der Waals surface area contributed by atoms with Crippen LogP contribution in [0.3, 0.4) is 0 Å². The van der Waals surface area contributed by atoms with E-state index in [1.165, 1.54) is 64.2 Å². The molecule has 0 spiro atoms. The third-order valence-corrected chi connectivity index (χ3v) is 9.64. The van der Waals surface area contributed by atoms with Crippen molar-refractivity contribution in [3.63, 3.8) is 0 Å². The summed E-state index contributed by atoms with van der Waals surface area (Å²) in [6, 6.07) is 38.8. The second-order valence-corrected chi connectivity index (χ2v) is 13.6. The lowest BCUT2D eigenvalue weighted by molar-refractivity contribution is -0.123. The second-order valence-electron chi connectivity index (χ2n) is 13.6. The molecule has 0 bridgehead atoms. The largest absolute Gasteiger partial charge is 0.452 e. The summed E-state index contributed by atoms with van der Waals surface area (Å²) >= 11 is 0. The maximum Gasteiger partial charge on any atom is 0.338 e. The Labute approximate surface area is 312 Å². The first-order chi connectivity index (χ1) is 25.6. The van der Waals surface area contributed by atoms with Gasteiger partial charge in [0, 0.05) is 6.42 Å². The number of carbonyl (C=O) groups excluding carboxylic acids is 2. The fraction of sp³-hybridized carbons (Fsp3) is 0.404. The Morgan fingerprint density at radius 3 is 1.52 bits per heavy atom. The van der Waals surface area contributed by atoms with E-state index < -0.39 is 23.7 Å². The Kier molecular flexibility index (Phi) is 17.9. The molecule has 52 heavy (non-hydrogen) atoms. The standard InChI is InChI=1S/C47H59NO4/c1-3-5-6-7-8-9-10-11-12-13-14-15-28-37-44(52-46(50)39-29-20-16-21-30-39)43(48-45(49)4-2)38-51-47(40-31-22-17-23-32-40,41-33-24-18-25-34-41)42-35-26-19-27-36-42/h16-37,43-44H,3-15,38H2,1-2H3,(H,48,49)/b37-28-/t43-,44+/m0/s1. The highest BCUT2D eigenvalue weighted by Crippen LogP contribution is 2.40. The molecule has 4 aromatic rings. The van der Waals surface area contributed by atoms with Gasteiger partial charge in [-0.25, -0.2) is 4.79 Å². The van der Waals surface area contributed by atoms with Crippen molar-refractivity contribution in [3.8, 4) is 0 Å². The van der Waals surface area contributed by atoms with Crippen LogP contribution in [-0.2, 0) is 19.9 Å². The number of allylic oxidation sites excluding steroid dienone is 1. The summed E-state index contributed by atoms with van der Waals surface area (Å²) in [7, 11) is 0. The molecule has 0 saturated heterocycles. The number of benzene rings is 4. The predicted octanol–water partition coefficient (Wildman–Crippen LogP) is 11.4. The minimum absolute atomic E-state index is 0.0833. The van der Waals surface area contributed by atoms with Gasteiger partial charge in [-0.05, 0) is 47.7 Å². The second kappa shape index (κ2) is 23.2. The molecule has 5 heteroatoms. The Morgan fingerprint density at radius 2 is 1.06 bits per heavy atom. The maximum absolute atomic E-state index is 13.5. The zero-order chi connectivity index (χ0) is 36.7. The van der Waals surface area contributed by atoms with Crippen LogP contribution in [0.4, 0.5) is 0 Å². The van der Waals surface area contributed by atoms with Crippen LogP contribution in [0.5, 0.6) is 0 Å². The van der Waals surface area contributed by atoms with Crippen LogP contribution < -0.4 is 5.32 Å². The van der Waals surface area contributed by atoms with Gasteiger partial charge in [0.05, 0.1) is 18.2 Å². The van der Waals surface area contributed by atoms with Crippen LogP contribution in [-0.4, -0.2) is 30.6 Å². The van der Waals surface area contributed by atoms with Crippen LogP contribution >= 0.6 is 0 Å². The summed E-state index contributed by atoms with van der Waals surface area (Å²) in [6.07, 6.45) is 18.6. The van der Waals surface area contributed by atoms with Crippen molar-refractivity contribution in [3.05, 3.63) is 156 Å². The van der Waals surface area contributed by atoms with E-state index in [0.29, 0.717) is 12.0 Å². The summed E-state index contributed by atoms with van der Waals surface area (Å²) in [4.78, 5) is 26.6. The highest BCUT2D eigenvalue weighted by Gasteiger charge is 2.39. The van der Waals surface area contributed by atoms with Crippen LogP contribution in [0.2, 0.25) is 0 Å². The molecule has 0 heterocycles. The van der Waals surface area contributed by atoms with E-state index in [4.69, 9.17) is 9.47 Å². The number of hydrogen-bond donors (Lipinski definition) is 1. The van der Waals surface area contributed by atoms with E-state index in [9.17, 15) is 9.59 Å². The minimum Gasteiger partial charge on any atom is -0.452 e. The average molecular weight is 702 g/mol. The number of carbonyl (C=O) groups is 2. The molecule has 0 unspecified atom stereocenters. The lowest BCUT2D eigenvalue weighted by Gasteiger charge is -2.38. The normalized spacial score (nSPS) is 12.7. The summed E-state index contributed by atoms with van der Waals surface area (Å²) in [5, 5.41) is 3.15. The summed E-state index contributed by atoms with van der Waals surface area (Å²) in [5.41, 5.74) is 2.33. The Balaban J connectivity index is 1.55. The molecule has 1 N–H and O–H groups in total. The molecule has 0 aliphatic heterocycles. The van der Waals surface area contributed by atoms with Crippen molar-refractivity contribution in [2.45, 2.75) is 115 Å². The molecule has 4 rings (SSSR count). The van der Waals surface area contributed by atoms with Crippen LogP contribution in [0, 0.1) is 0 Å². The van der Waals surface area contributed by atoms with E-state index in [1.807, 2.05) is 85.8 Å². The fourth-order valence-electron chi connectivity index (χ4n) is 6.69. The molecular formula is C47H59NO4. The fourth-order valence-corrected chi connectivity index (χ4v) is 6.69. The third kappa shape index (κ3) is 12.6. The van der Waals surface area contributed by atoms with Gasteiger partial charge in [0.15, 0.2) is 0 Å². The minimum atomic E-state index is -0.994. The smallest absolute Gasteiger partial charge is 0.338 e. The van der Waals surface area contributed by atoms with Crippen LogP contribution in [0.15, 0.2) is 133 Å². The van der Waals surface area contributed by atoms with Crippen molar-refractivity contribution < 1.29 is 19.1 Å². The van der Waals surface area contributed by atoms with Gasteiger partial charge >= 0.3 is 5.97 Å². The third-order valence-electron chi connectivity index (χ3n) is 9.64. The summed E-state index contributed by atoms with van der Waals surface area (Å²) < 4.78 is 13.4. The number of nitrogens with one attached hydrogen (secondary N) is 1. The molecule has 5 nitrogen and oxygen atoms in total. The molecule has 1 amide bonds. The summed E-state index contributed by atoms with van der Waals surface area (Å²) in [6.45, 7) is 4.17. The van der Waals surface area contributed by atoms with E-state index in [-0.39, 0.29) is 12.5 Å². The molecular weight excluding hydrogens is 643 g/mol. The molecule has 0 aliphatic rings. The van der Waals surface area contributed by atoms with E-state index >= 15 is 0 Å². The zero-order valence-electron chi connectivity index (χ0n) is 31.4. The molecule has 276 valence electrons.